The number of hydrogen-bond acceptors (Lipinski definition) is 5. The van der Waals surface area contributed by atoms with E-state index in [1.165, 1.54) is 18.3 Å². The number of benzene rings is 1. The van der Waals surface area contributed by atoms with Crippen LogP contribution in [0.25, 0.3) is 0 Å². The third kappa shape index (κ3) is 4.41. The summed E-state index contributed by atoms with van der Waals surface area (Å²) in [4.78, 5) is 16.3. The zero-order chi connectivity index (χ0) is 17.6. The van der Waals surface area contributed by atoms with Crippen LogP contribution >= 0.6 is 0 Å². The SMILES string of the molecule is CCOC(=O)/C(C=NC(CO)(CC1CC1)c1ccc(F)cc1)=C/N. The molecule has 3 N–H and O–H groups in total. The van der Waals surface area contributed by atoms with E-state index in [1.54, 1.807) is 19.1 Å². The van der Waals surface area contributed by atoms with Crippen LogP contribution < -0.4 is 5.73 Å². The second-order valence-electron chi connectivity index (χ2n) is 5.94. The number of carbonyl (C=O) groups excluding carboxylic acids is 1. The lowest BCUT2D eigenvalue weighted by Crippen LogP contribution is -2.30. The van der Waals surface area contributed by atoms with Crippen LogP contribution in [-0.2, 0) is 15.1 Å². The third-order valence-corrected chi connectivity index (χ3v) is 4.11. The van der Waals surface area contributed by atoms with Crippen molar-refractivity contribution in [2.45, 2.75) is 31.7 Å². The molecule has 1 aromatic carbocycles. The van der Waals surface area contributed by atoms with E-state index in [9.17, 15) is 14.3 Å². The zero-order valence-corrected chi connectivity index (χ0v) is 13.7. The number of esters is 1. The van der Waals surface area contributed by atoms with Crippen molar-refractivity contribution in [2.75, 3.05) is 13.2 Å². The normalized spacial score (nSPS) is 17.7. The lowest BCUT2D eigenvalue weighted by molar-refractivity contribution is -0.137. The van der Waals surface area contributed by atoms with Crippen LogP contribution in [0.15, 0.2) is 41.0 Å². The summed E-state index contributed by atoms with van der Waals surface area (Å²) in [6.07, 6.45) is 5.25. The molecule has 1 aliphatic rings. The molecule has 1 aromatic rings. The molecule has 0 saturated heterocycles. The molecular formula is C18H23FN2O3. The lowest BCUT2D eigenvalue weighted by Gasteiger charge is -2.28. The van der Waals surface area contributed by atoms with Crippen LogP contribution in [0.2, 0.25) is 0 Å². The summed E-state index contributed by atoms with van der Waals surface area (Å²) >= 11 is 0. The fourth-order valence-electron chi connectivity index (χ4n) is 2.57. The molecule has 1 fully saturated rings. The monoisotopic (exact) mass is 334 g/mol. The van der Waals surface area contributed by atoms with Crippen molar-refractivity contribution in [1.29, 1.82) is 0 Å². The molecule has 0 aromatic heterocycles. The Morgan fingerprint density at radius 1 is 1.46 bits per heavy atom. The van der Waals surface area contributed by atoms with Gasteiger partial charge in [-0.3, -0.25) is 4.99 Å². The standard InChI is InChI=1S/C18H23FN2O3/c1-2-24-17(23)14(10-20)11-21-18(12-22,9-13-3-4-13)15-5-7-16(19)8-6-15/h5-8,10-11,13,22H,2-4,9,12,20H2,1H3/b14-10+,21-11?. The Labute approximate surface area is 141 Å². The van der Waals surface area contributed by atoms with Gasteiger partial charge in [-0.15, -0.1) is 0 Å². The van der Waals surface area contributed by atoms with E-state index in [4.69, 9.17) is 10.5 Å². The molecule has 5 nitrogen and oxygen atoms in total. The number of aliphatic hydroxyl groups is 1. The van der Waals surface area contributed by atoms with Crippen LogP contribution in [0.3, 0.4) is 0 Å². The number of carbonyl (C=O) groups is 1. The second-order valence-corrected chi connectivity index (χ2v) is 5.94. The average Bonchev–Trinajstić information content (AvgIpc) is 3.39. The highest BCUT2D eigenvalue weighted by molar-refractivity contribution is 6.09. The van der Waals surface area contributed by atoms with E-state index < -0.39 is 11.5 Å². The van der Waals surface area contributed by atoms with E-state index in [1.807, 2.05) is 0 Å². The minimum atomic E-state index is -0.921. The molecule has 0 spiro atoms. The predicted octanol–water partition coefficient (Wildman–Crippen LogP) is 2.29. The molecule has 0 radical (unpaired) electrons. The van der Waals surface area contributed by atoms with Gasteiger partial charge in [0, 0.05) is 12.4 Å². The highest BCUT2D eigenvalue weighted by Crippen LogP contribution is 2.42. The number of ether oxygens (including phenoxy) is 1. The number of nitrogens with two attached hydrogens (primary N) is 1. The fraction of sp³-hybridized carbons (Fsp3) is 0.444. The minimum absolute atomic E-state index is 0.118. The van der Waals surface area contributed by atoms with Gasteiger partial charge in [0.2, 0.25) is 0 Å². The zero-order valence-electron chi connectivity index (χ0n) is 13.7. The van der Waals surface area contributed by atoms with Crippen molar-refractivity contribution in [2.24, 2.45) is 16.6 Å². The first-order chi connectivity index (χ1) is 11.5. The molecule has 0 amide bonds. The first kappa shape index (κ1) is 18.1. The van der Waals surface area contributed by atoms with Crippen molar-refractivity contribution in [3.05, 3.63) is 47.4 Å². The number of aliphatic hydroxyl groups excluding tert-OH is 1. The molecule has 1 aliphatic carbocycles. The molecular weight excluding hydrogens is 311 g/mol. The largest absolute Gasteiger partial charge is 0.462 e. The van der Waals surface area contributed by atoms with E-state index >= 15 is 0 Å². The van der Waals surface area contributed by atoms with Crippen LogP contribution in [0.4, 0.5) is 4.39 Å². The smallest absolute Gasteiger partial charge is 0.341 e. The topological polar surface area (TPSA) is 84.9 Å². The van der Waals surface area contributed by atoms with Crippen LogP contribution in [0.1, 0.15) is 31.7 Å². The Kier molecular flexibility index (Phi) is 6.09. The number of hydrogen-bond donors (Lipinski definition) is 2. The summed E-state index contributed by atoms with van der Waals surface area (Å²) in [5.74, 6) is -0.455. The third-order valence-electron chi connectivity index (χ3n) is 4.11. The summed E-state index contributed by atoms with van der Waals surface area (Å²) in [7, 11) is 0. The van der Waals surface area contributed by atoms with Gasteiger partial charge in [0.15, 0.2) is 0 Å². The van der Waals surface area contributed by atoms with Gasteiger partial charge in [-0.2, -0.15) is 0 Å². The van der Waals surface area contributed by atoms with Gasteiger partial charge < -0.3 is 15.6 Å². The predicted molar refractivity (Wildman–Crippen MR) is 89.9 cm³/mol. The first-order valence-corrected chi connectivity index (χ1v) is 8.05. The van der Waals surface area contributed by atoms with E-state index in [-0.39, 0.29) is 24.6 Å². The Bertz CT molecular complexity index is 624. The molecule has 0 aliphatic heterocycles. The van der Waals surface area contributed by atoms with Crippen molar-refractivity contribution in [1.82, 2.24) is 0 Å². The Balaban J connectivity index is 2.32. The van der Waals surface area contributed by atoms with Gasteiger partial charge in [-0.05, 0) is 37.0 Å². The van der Waals surface area contributed by atoms with E-state index in [0.717, 1.165) is 19.0 Å². The van der Waals surface area contributed by atoms with Gasteiger partial charge in [-0.25, -0.2) is 9.18 Å². The minimum Gasteiger partial charge on any atom is -0.462 e. The molecule has 6 heteroatoms. The molecule has 1 unspecified atom stereocenters. The van der Waals surface area contributed by atoms with Crippen molar-refractivity contribution in [3.8, 4) is 0 Å². The number of nitrogens with zero attached hydrogens (tertiary/aromatic N) is 1. The fourth-order valence-corrected chi connectivity index (χ4v) is 2.57. The number of halogens is 1. The van der Waals surface area contributed by atoms with Crippen molar-refractivity contribution < 1.29 is 19.0 Å². The second kappa shape index (κ2) is 8.06. The Hall–Kier alpha value is -2.21. The number of aliphatic imine (C=N–C) groups is 1. The summed E-state index contributed by atoms with van der Waals surface area (Å²) in [6, 6.07) is 5.91. The first-order valence-electron chi connectivity index (χ1n) is 8.05. The molecule has 2 rings (SSSR count). The number of rotatable bonds is 8. The maximum Gasteiger partial charge on any atom is 0.341 e. The molecule has 1 atom stereocenters. The van der Waals surface area contributed by atoms with Crippen LogP contribution in [0.5, 0.6) is 0 Å². The van der Waals surface area contributed by atoms with Crippen molar-refractivity contribution >= 4 is 12.2 Å². The molecule has 24 heavy (non-hydrogen) atoms. The van der Waals surface area contributed by atoms with Gasteiger partial charge in [0.1, 0.15) is 11.4 Å². The Morgan fingerprint density at radius 3 is 2.62 bits per heavy atom. The van der Waals surface area contributed by atoms with Gasteiger partial charge in [0.25, 0.3) is 0 Å². The molecule has 0 bridgehead atoms. The summed E-state index contributed by atoms with van der Waals surface area (Å²) in [6.45, 7) is 1.69. The highest BCUT2D eigenvalue weighted by Gasteiger charge is 2.37. The molecule has 1 saturated carbocycles. The van der Waals surface area contributed by atoms with Crippen LogP contribution in [0, 0.1) is 11.7 Å². The van der Waals surface area contributed by atoms with E-state index in [0.29, 0.717) is 17.9 Å². The summed E-state index contributed by atoms with van der Waals surface area (Å²) in [5, 5.41) is 10.0. The Morgan fingerprint density at radius 2 is 2.12 bits per heavy atom. The van der Waals surface area contributed by atoms with Crippen molar-refractivity contribution in [3.63, 3.8) is 0 Å². The highest BCUT2D eigenvalue weighted by atomic mass is 19.1. The summed E-state index contributed by atoms with van der Waals surface area (Å²) < 4.78 is 18.1. The average molecular weight is 334 g/mol. The maximum atomic E-state index is 13.2. The molecule has 0 heterocycles. The van der Waals surface area contributed by atoms with Gasteiger partial charge in [-0.1, -0.05) is 25.0 Å². The summed E-state index contributed by atoms with van der Waals surface area (Å²) in [5.41, 5.74) is 5.38. The van der Waals surface area contributed by atoms with Crippen LogP contribution in [-0.4, -0.2) is 30.5 Å². The van der Waals surface area contributed by atoms with Gasteiger partial charge >= 0.3 is 5.97 Å². The lowest BCUT2D eigenvalue weighted by atomic mass is 9.86. The van der Waals surface area contributed by atoms with E-state index in [2.05, 4.69) is 4.99 Å². The van der Waals surface area contributed by atoms with Gasteiger partial charge in [0.05, 0.1) is 18.8 Å². The molecule has 130 valence electrons. The quantitative estimate of drug-likeness (QED) is 0.434. The maximum absolute atomic E-state index is 13.2.